The van der Waals surface area contributed by atoms with E-state index in [4.69, 9.17) is 15.9 Å². The average Bonchev–Trinajstić information content (AvgIpc) is 3.02. The van der Waals surface area contributed by atoms with Crippen molar-refractivity contribution in [1.29, 1.82) is 0 Å². The molecule has 0 bridgehead atoms. The number of esters is 1. The van der Waals surface area contributed by atoms with Crippen LogP contribution in [0.15, 0.2) is 88.1 Å². The van der Waals surface area contributed by atoms with Gasteiger partial charge in [-0.15, -0.1) is 5.39 Å². The Morgan fingerprint density at radius 2 is 1.40 bits per heavy atom. The number of nitrogens with zero attached hydrogens (tertiary/aromatic N) is 2. The summed E-state index contributed by atoms with van der Waals surface area (Å²) in [6, 6.07) is 22.0. The molecule has 2 aromatic heterocycles. The molecule has 3 aromatic carbocycles. The Kier molecular flexibility index (Phi) is 23.4. The van der Waals surface area contributed by atoms with Gasteiger partial charge in [-0.05, 0) is 48.8 Å². The summed E-state index contributed by atoms with van der Waals surface area (Å²) in [5.74, 6) is -2.37. The van der Waals surface area contributed by atoms with Crippen LogP contribution in [0.25, 0.3) is 21.8 Å². The molecule has 0 aliphatic rings. The third-order valence-corrected chi connectivity index (χ3v) is 6.39. The third-order valence-electron chi connectivity index (χ3n) is 5.40. The second-order valence-electron chi connectivity index (χ2n) is 8.58. The Labute approximate surface area is 320 Å². The normalized spacial score (nSPS) is 9.06. The molecule has 0 saturated heterocycles. The number of ether oxygens (including phenoxy) is 1. The molecule has 0 unspecified atom stereocenters. The van der Waals surface area contributed by atoms with Gasteiger partial charge in [-0.1, -0.05) is 58.8 Å². The van der Waals surface area contributed by atoms with Crippen LogP contribution in [0, 0.1) is 6.07 Å². The summed E-state index contributed by atoms with van der Waals surface area (Å²) in [6.07, 6.45) is 3.84. The van der Waals surface area contributed by atoms with Crippen LogP contribution in [-0.2, 0) is 47.0 Å². The predicted octanol–water partition coefficient (Wildman–Crippen LogP) is 7.68. The number of nitrogens with two attached hydrogens (primary N) is 1. The molecule has 0 aliphatic heterocycles. The molecule has 14 heteroatoms. The Hall–Kier alpha value is -3.91. The van der Waals surface area contributed by atoms with E-state index in [0.29, 0.717) is 24.1 Å². The van der Waals surface area contributed by atoms with Crippen LogP contribution in [0.1, 0.15) is 59.3 Å². The van der Waals surface area contributed by atoms with E-state index >= 15 is 0 Å². The number of anilines is 1. The Morgan fingerprint density at radius 3 is 1.92 bits per heavy atom. The van der Waals surface area contributed by atoms with E-state index in [9.17, 15) is 24.0 Å². The van der Waals surface area contributed by atoms with E-state index in [1.54, 1.807) is 55.5 Å². The van der Waals surface area contributed by atoms with Gasteiger partial charge in [0, 0.05) is 70.7 Å². The zero-order chi connectivity index (χ0) is 33.4. The molecule has 0 saturated carbocycles. The second-order valence-corrected chi connectivity index (χ2v) is 10.4. The first kappa shape index (κ1) is 46.2. The number of nitrogen functional groups attached to an aromatic ring is 1. The summed E-state index contributed by atoms with van der Waals surface area (Å²) in [5.41, 5.74) is 8.46. The number of fused-ring (bicyclic) bond motifs is 2. The van der Waals surface area contributed by atoms with E-state index in [1.807, 2.05) is 18.2 Å². The average molecular weight is 861 g/mol. The number of rotatable bonds is 6. The maximum absolute atomic E-state index is 10.7. The van der Waals surface area contributed by atoms with Crippen molar-refractivity contribution in [3.8, 4) is 0 Å². The fraction of sp³-hybridized carbons (Fsp3) is 0.147. The molecule has 4 N–H and O–H groups in total. The minimum Gasteiger partial charge on any atom is -0.478 e. The van der Waals surface area contributed by atoms with Gasteiger partial charge in [0.15, 0.2) is 6.29 Å². The number of carbonyl (C=O) groups is 5. The largest absolute Gasteiger partial charge is 0.478 e. The summed E-state index contributed by atoms with van der Waals surface area (Å²) in [5, 5.41) is 19.1. The third kappa shape index (κ3) is 15.8. The van der Waals surface area contributed by atoms with Crippen molar-refractivity contribution >= 4 is 89.8 Å². The van der Waals surface area contributed by atoms with E-state index in [1.165, 1.54) is 12.4 Å². The molecule has 5 rings (SSSR count). The quantitative estimate of drug-likeness (QED) is 0.0500. The van der Waals surface area contributed by atoms with Gasteiger partial charge < -0.3 is 30.5 Å². The standard InChI is InChI=1S/C10H6BrNO2.C10H6NO2.C7H6BrNO.C5H8O3.2CH4.Y/c11-8-2-1-6-3-7(10(13)14)5-12-9(6)4-8;12-10(13)8-5-7-3-1-2-4-9(7)11-6-8;8-6-2-1-5(4-10)7(9)3-6;1-2-8-5(7)3-4-6;;;/h1-5H,(H,13,14);1,3-6H,(H,12,13);1-4H,9H2;4H,2-3H2,1H3;2*1H4;/q;-1;;;;;. The zero-order valence-corrected chi connectivity index (χ0v) is 30.2. The number of aromatic nitrogens is 2. The van der Waals surface area contributed by atoms with Crippen molar-refractivity contribution in [2.24, 2.45) is 0 Å². The Bertz CT molecular complexity index is 1820. The first-order valence-corrected chi connectivity index (χ1v) is 14.4. The van der Waals surface area contributed by atoms with Gasteiger partial charge in [0.05, 0.1) is 23.3 Å². The molecular weight excluding hydrogens is 827 g/mol. The van der Waals surface area contributed by atoms with Crippen molar-refractivity contribution in [3.63, 3.8) is 0 Å². The molecule has 0 aliphatic carbocycles. The van der Waals surface area contributed by atoms with Crippen LogP contribution in [0.4, 0.5) is 5.69 Å². The van der Waals surface area contributed by atoms with Crippen LogP contribution in [-0.4, -0.2) is 57.3 Å². The summed E-state index contributed by atoms with van der Waals surface area (Å²) in [7, 11) is 0. The van der Waals surface area contributed by atoms with E-state index in [0.717, 1.165) is 37.0 Å². The monoisotopic (exact) mass is 859 g/mol. The minimum atomic E-state index is -0.956. The van der Waals surface area contributed by atoms with Crippen LogP contribution >= 0.6 is 31.9 Å². The van der Waals surface area contributed by atoms with Crippen molar-refractivity contribution in [1.82, 2.24) is 9.97 Å². The number of carboxylic acids is 2. The fourth-order valence-corrected chi connectivity index (χ4v) is 4.01. The molecule has 0 atom stereocenters. The fourth-order valence-electron chi connectivity index (χ4n) is 3.28. The zero-order valence-electron chi connectivity index (χ0n) is 24.2. The Balaban J connectivity index is 0. The van der Waals surface area contributed by atoms with Gasteiger partial charge in [0.2, 0.25) is 0 Å². The molecular formula is C34H34Br2N3O8Y-. The predicted molar refractivity (Wildman–Crippen MR) is 189 cm³/mol. The van der Waals surface area contributed by atoms with E-state index < -0.39 is 17.9 Å². The number of hydrogen-bond donors (Lipinski definition) is 3. The molecule has 48 heavy (non-hydrogen) atoms. The number of carboxylic acid groups (broad SMARTS) is 2. The SMILES string of the molecule is C.C.CCOC(=O)CC=O.Nc1cc(Br)ccc1C=O.O=C(O)c1cnc2c[c-]ccc2c1.O=C(O)c1cnc2cc(Br)ccc2c1.[Y]. The molecule has 5 aromatic rings. The van der Waals surface area contributed by atoms with Gasteiger partial charge in [0.1, 0.15) is 12.7 Å². The number of aromatic carboxylic acids is 2. The minimum absolute atomic E-state index is 0. The first-order valence-electron chi connectivity index (χ1n) is 12.9. The summed E-state index contributed by atoms with van der Waals surface area (Å²) >= 11 is 6.55. The van der Waals surface area contributed by atoms with Gasteiger partial charge in [0.25, 0.3) is 0 Å². The van der Waals surface area contributed by atoms with Crippen molar-refractivity contribution in [2.75, 3.05) is 12.3 Å². The number of halogens is 2. The molecule has 0 fully saturated rings. The summed E-state index contributed by atoms with van der Waals surface area (Å²) in [4.78, 5) is 59.3. The molecule has 1 radical (unpaired) electrons. The number of aldehydes is 2. The smallest absolute Gasteiger partial charge is 0.337 e. The van der Waals surface area contributed by atoms with E-state index in [-0.39, 0.29) is 65.1 Å². The molecule has 0 amide bonds. The van der Waals surface area contributed by atoms with Gasteiger partial charge in [-0.25, -0.2) is 9.59 Å². The van der Waals surface area contributed by atoms with Gasteiger partial charge in [-0.3, -0.25) is 14.6 Å². The molecule has 0 spiro atoms. The van der Waals surface area contributed by atoms with Crippen LogP contribution in [0.2, 0.25) is 0 Å². The van der Waals surface area contributed by atoms with Gasteiger partial charge in [-0.2, -0.15) is 24.3 Å². The molecule has 2 heterocycles. The second kappa shape index (κ2) is 24.3. The first-order chi connectivity index (χ1) is 21.5. The maximum Gasteiger partial charge on any atom is 0.337 e. The van der Waals surface area contributed by atoms with Crippen LogP contribution in [0.5, 0.6) is 0 Å². The van der Waals surface area contributed by atoms with Crippen molar-refractivity contribution in [3.05, 3.63) is 111 Å². The number of benzene rings is 3. The number of carbonyl (C=O) groups excluding carboxylic acids is 3. The topological polar surface area (TPSA) is 187 Å². The maximum atomic E-state index is 10.7. The molecule has 11 nitrogen and oxygen atoms in total. The van der Waals surface area contributed by atoms with Crippen molar-refractivity contribution < 1.29 is 71.6 Å². The van der Waals surface area contributed by atoms with Crippen LogP contribution < -0.4 is 5.73 Å². The summed E-state index contributed by atoms with van der Waals surface area (Å²) < 4.78 is 6.23. The molecule has 251 valence electrons. The summed E-state index contributed by atoms with van der Waals surface area (Å²) in [6.45, 7) is 2.04. The van der Waals surface area contributed by atoms with Crippen LogP contribution in [0.3, 0.4) is 0 Å². The van der Waals surface area contributed by atoms with Crippen molar-refractivity contribution in [2.45, 2.75) is 28.2 Å². The van der Waals surface area contributed by atoms with E-state index in [2.05, 4.69) is 52.6 Å². The van der Waals surface area contributed by atoms with Gasteiger partial charge >= 0.3 is 17.9 Å². The Morgan fingerprint density at radius 1 is 0.854 bits per heavy atom. The number of pyridine rings is 2. The number of hydrogen-bond acceptors (Lipinski definition) is 9.